The van der Waals surface area contributed by atoms with E-state index in [2.05, 4.69) is 10.1 Å². The summed E-state index contributed by atoms with van der Waals surface area (Å²) in [4.78, 5) is 4.23. The Bertz CT molecular complexity index is 765. The first kappa shape index (κ1) is 15.3. The third-order valence-electron chi connectivity index (χ3n) is 3.41. The van der Waals surface area contributed by atoms with Gasteiger partial charge >= 0.3 is 6.18 Å². The van der Waals surface area contributed by atoms with E-state index in [1.807, 2.05) is 30.3 Å². The quantitative estimate of drug-likeness (QED) is 0.709. The first-order chi connectivity index (χ1) is 11.0. The summed E-state index contributed by atoms with van der Waals surface area (Å²) in [5, 5.41) is 3.82. The summed E-state index contributed by atoms with van der Waals surface area (Å²) in [5.74, 6) is 0.755. The van der Waals surface area contributed by atoms with Crippen LogP contribution in [0.1, 0.15) is 17.0 Å². The maximum absolute atomic E-state index is 12.5. The van der Waals surface area contributed by atoms with Gasteiger partial charge in [-0.1, -0.05) is 47.6 Å². The van der Waals surface area contributed by atoms with E-state index in [1.54, 1.807) is 0 Å². The van der Waals surface area contributed by atoms with Crippen LogP contribution in [0, 0.1) is 0 Å². The van der Waals surface area contributed by atoms with Crippen LogP contribution in [0.15, 0.2) is 59.1 Å². The first-order valence-electron chi connectivity index (χ1n) is 7.06. The van der Waals surface area contributed by atoms with E-state index in [4.69, 9.17) is 4.52 Å². The van der Waals surface area contributed by atoms with Gasteiger partial charge in [-0.2, -0.15) is 18.2 Å². The zero-order valence-corrected chi connectivity index (χ0v) is 12.0. The van der Waals surface area contributed by atoms with Crippen molar-refractivity contribution in [2.45, 2.75) is 19.0 Å². The molecule has 0 unspecified atom stereocenters. The fourth-order valence-corrected chi connectivity index (χ4v) is 2.18. The van der Waals surface area contributed by atoms with E-state index in [0.717, 1.165) is 24.1 Å². The summed E-state index contributed by atoms with van der Waals surface area (Å²) < 4.78 is 42.8. The Balaban J connectivity index is 1.69. The maximum Gasteiger partial charge on any atom is 0.416 e. The third kappa shape index (κ3) is 3.77. The number of nitrogens with zero attached hydrogens (tertiary/aromatic N) is 2. The molecule has 0 fully saturated rings. The van der Waals surface area contributed by atoms with Gasteiger partial charge in [-0.3, -0.25) is 0 Å². The number of alkyl halides is 3. The molecular formula is C17H13F3N2O. The van der Waals surface area contributed by atoms with Crippen LogP contribution in [0.4, 0.5) is 13.2 Å². The lowest BCUT2D eigenvalue weighted by Gasteiger charge is -2.05. The number of rotatable bonds is 4. The molecule has 3 nitrogen and oxygen atoms in total. The summed E-state index contributed by atoms with van der Waals surface area (Å²) >= 11 is 0. The predicted molar refractivity (Wildman–Crippen MR) is 78.6 cm³/mol. The molecule has 0 spiro atoms. The van der Waals surface area contributed by atoms with Gasteiger partial charge in [0.05, 0.1) is 5.56 Å². The monoisotopic (exact) mass is 318 g/mol. The molecule has 0 N–H and O–H groups in total. The summed E-state index contributed by atoms with van der Waals surface area (Å²) in [7, 11) is 0. The first-order valence-corrected chi connectivity index (χ1v) is 7.06. The van der Waals surface area contributed by atoms with E-state index in [0.29, 0.717) is 23.7 Å². The lowest BCUT2D eigenvalue weighted by Crippen LogP contribution is -2.04. The standard InChI is InChI=1S/C17H13F3N2O/c18-17(19,20)14-9-7-13(8-10-14)16-21-15(23-22-16)11-6-12-4-2-1-3-5-12/h1-5,7-10H,6,11H2. The van der Waals surface area contributed by atoms with Crippen molar-refractivity contribution in [1.29, 1.82) is 0 Å². The molecule has 0 aliphatic carbocycles. The number of aromatic nitrogens is 2. The van der Waals surface area contributed by atoms with E-state index in [-0.39, 0.29) is 0 Å². The van der Waals surface area contributed by atoms with Gasteiger partial charge in [-0.15, -0.1) is 0 Å². The van der Waals surface area contributed by atoms with Gasteiger partial charge < -0.3 is 4.52 Å². The smallest absolute Gasteiger partial charge is 0.339 e. The Morgan fingerprint density at radius 1 is 0.870 bits per heavy atom. The molecule has 3 rings (SSSR count). The molecule has 0 amide bonds. The Kier molecular flexibility index (Phi) is 4.14. The van der Waals surface area contributed by atoms with Crippen LogP contribution in [0.5, 0.6) is 0 Å². The van der Waals surface area contributed by atoms with Crippen LogP contribution in [-0.2, 0) is 19.0 Å². The zero-order valence-electron chi connectivity index (χ0n) is 12.0. The highest BCUT2D eigenvalue weighted by molar-refractivity contribution is 5.54. The molecule has 0 bridgehead atoms. The van der Waals surface area contributed by atoms with Crippen LogP contribution < -0.4 is 0 Å². The van der Waals surface area contributed by atoms with Gasteiger partial charge in [0.2, 0.25) is 11.7 Å². The molecule has 1 aromatic heterocycles. The molecule has 118 valence electrons. The largest absolute Gasteiger partial charge is 0.416 e. The number of halogens is 3. The van der Waals surface area contributed by atoms with Crippen molar-refractivity contribution in [2.24, 2.45) is 0 Å². The van der Waals surface area contributed by atoms with Crippen molar-refractivity contribution in [3.63, 3.8) is 0 Å². The van der Waals surface area contributed by atoms with Gasteiger partial charge in [-0.05, 0) is 24.1 Å². The summed E-state index contributed by atoms with van der Waals surface area (Å²) in [6, 6.07) is 14.6. The van der Waals surface area contributed by atoms with Crippen molar-refractivity contribution in [2.75, 3.05) is 0 Å². The molecule has 23 heavy (non-hydrogen) atoms. The fraction of sp³-hybridized carbons (Fsp3) is 0.176. The SMILES string of the molecule is FC(F)(F)c1ccc(-c2noc(CCc3ccccc3)n2)cc1. The molecule has 3 aromatic rings. The van der Waals surface area contributed by atoms with Crippen molar-refractivity contribution in [3.8, 4) is 11.4 Å². The van der Waals surface area contributed by atoms with Crippen LogP contribution in [0.25, 0.3) is 11.4 Å². The fourth-order valence-electron chi connectivity index (χ4n) is 2.18. The van der Waals surface area contributed by atoms with E-state index in [9.17, 15) is 13.2 Å². The Morgan fingerprint density at radius 3 is 2.22 bits per heavy atom. The van der Waals surface area contributed by atoms with Crippen LogP contribution in [-0.4, -0.2) is 10.1 Å². The molecular weight excluding hydrogens is 305 g/mol. The number of aryl methyl sites for hydroxylation is 2. The van der Waals surface area contributed by atoms with E-state index in [1.165, 1.54) is 12.1 Å². The van der Waals surface area contributed by atoms with E-state index < -0.39 is 11.7 Å². The van der Waals surface area contributed by atoms with Gasteiger partial charge in [0.25, 0.3) is 0 Å². The van der Waals surface area contributed by atoms with Crippen LogP contribution >= 0.6 is 0 Å². The lowest BCUT2D eigenvalue weighted by atomic mass is 10.1. The number of hydrogen-bond acceptors (Lipinski definition) is 3. The molecule has 0 atom stereocenters. The minimum atomic E-state index is -4.35. The van der Waals surface area contributed by atoms with E-state index >= 15 is 0 Å². The van der Waals surface area contributed by atoms with Gasteiger partial charge in [0, 0.05) is 12.0 Å². The number of benzene rings is 2. The normalized spacial score (nSPS) is 11.6. The van der Waals surface area contributed by atoms with Crippen LogP contribution in [0.2, 0.25) is 0 Å². The minimum Gasteiger partial charge on any atom is -0.339 e. The lowest BCUT2D eigenvalue weighted by molar-refractivity contribution is -0.137. The van der Waals surface area contributed by atoms with Crippen LogP contribution in [0.3, 0.4) is 0 Å². The molecule has 2 aromatic carbocycles. The maximum atomic E-state index is 12.5. The molecule has 6 heteroatoms. The van der Waals surface area contributed by atoms with Crippen molar-refractivity contribution in [1.82, 2.24) is 10.1 Å². The highest BCUT2D eigenvalue weighted by atomic mass is 19.4. The third-order valence-corrected chi connectivity index (χ3v) is 3.41. The van der Waals surface area contributed by atoms with Gasteiger partial charge in [0.1, 0.15) is 0 Å². The average Bonchev–Trinajstić information content (AvgIpc) is 3.02. The highest BCUT2D eigenvalue weighted by Crippen LogP contribution is 2.30. The topological polar surface area (TPSA) is 38.9 Å². The summed E-state index contributed by atoms with van der Waals surface area (Å²) in [6.07, 6.45) is -3.01. The second kappa shape index (κ2) is 6.24. The molecule has 0 aliphatic heterocycles. The second-order valence-corrected chi connectivity index (χ2v) is 5.07. The zero-order chi connectivity index (χ0) is 16.3. The molecule has 0 aliphatic rings. The molecule has 1 heterocycles. The Hall–Kier alpha value is -2.63. The van der Waals surface area contributed by atoms with Crippen molar-refractivity contribution >= 4 is 0 Å². The average molecular weight is 318 g/mol. The summed E-state index contributed by atoms with van der Waals surface area (Å²) in [6.45, 7) is 0. The predicted octanol–water partition coefficient (Wildman–Crippen LogP) is 4.54. The number of hydrogen-bond donors (Lipinski definition) is 0. The Labute approximate surface area is 130 Å². The summed E-state index contributed by atoms with van der Waals surface area (Å²) in [5.41, 5.74) is 0.948. The minimum absolute atomic E-state index is 0.293. The highest BCUT2D eigenvalue weighted by Gasteiger charge is 2.30. The second-order valence-electron chi connectivity index (χ2n) is 5.07. The molecule has 0 radical (unpaired) electrons. The molecule has 0 saturated carbocycles. The molecule has 0 saturated heterocycles. The van der Waals surface area contributed by atoms with Gasteiger partial charge in [-0.25, -0.2) is 0 Å². The van der Waals surface area contributed by atoms with Gasteiger partial charge in [0.15, 0.2) is 0 Å². The van der Waals surface area contributed by atoms with Crippen molar-refractivity contribution < 1.29 is 17.7 Å². The van der Waals surface area contributed by atoms with Crippen molar-refractivity contribution in [3.05, 3.63) is 71.6 Å². The Morgan fingerprint density at radius 2 is 1.57 bits per heavy atom.